The highest BCUT2D eigenvalue weighted by molar-refractivity contribution is 7.98. The van der Waals surface area contributed by atoms with Gasteiger partial charge in [-0.3, -0.25) is 0 Å². The van der Waals surface area contributed by atoms with Gasteiger partial charge < -0.3 is 4.74 Å². The molecule has 0 saturated carbocycles. The van der Waals surface area contributed by atoms with Crippen LogP contribution in [0.4, 0.5) is 13.2 Å². The van der Waals surface area contributed by atoms with E-state index in [1.807, 2.05) is 6.26 Å². The highest BCUT2D eigenvalue weighted by Gasteiger charge is 2.30. The van der Waals surface area contributed by atoms with Gasteiger partial charge in [0.25, 0.3) is 0 Å². The number of rotatable bonds is 3. The molecule has 0 aromatic heterocycles. The molecule has 0 aliphatic rings. The maximum Gasteiger partial charge on any atom is 0.416 e. The van der Waals surface area contributed by atoms with Gasteiger partial charge in [-0.25, -0.2) is 0 Å². The molecule has 0 bridgehead atoms. The summed E-state index contributed by atoms with van der Waals surface area (Å²) in [6.45, 7) is 0.195. The first-order chi connectivity index (χ1) is 6.99. The first kappa shape index (κ1) is 12.4. The number of hydrogen-bond donors (Lipinski definition) is 0. The maximum absolute atomic E-state index is 12.4. The van der Waals surface area contributed by atoms with Crippen molar-refractivity contribution in [2.45, 2.75) is 17.7 Å². The van der Waals surface area contributed by atoms with Crippen molar-refractivity contribution >= 4 is 11.8 Å². The molecule has 0 saturated heterocycles. The molecule has 0 aliphatic carbocycles. The fourth-order valence-corrected chi connectivity index (χ4v) is 1.81. The van der Waals surface area contributed by atoms with Crippen molar-refractivity contribution in [3.8, 4) is 0 Å². The zero-order valence-electron chi connectivity index (χ0n) is 8.39. The van der Waals surface area contributed by atoms with Gasteiger partial charge in [-0.1, -0.05) is 0 Å². The highest BCUT2D eigenvalue weighted by Crippen LogP contribution is 2.32. The molecule has 0 radical (unpaired) electrons. The average molecular weight is 236 g/mol. The van der Waals surface area contributed by atoms with Crippen molar-refractivity contribution < 1.29 is 17.9 Å². The molecule has 1 rings (SSSR count). The summed E-state index contributed by atoms with van der Waals surface area (Å²) in [5.74, 6) is 0. The Morgan fingerprint density at radius 2 is 2.00 bits per heavy atom. The Morgan fingerprint density at radius 3 is 2.47 bits per heavy atom. The van der Waals surface area contributed by atoms with Crippen molar-refractivity contribution in [2.24, 2.45) is 0 Å². The summed E-state index contributed by atoms with van der Waals surface area (Å²) in [5.41, 5.74) is -0.0628. The minimum Gasteiger partial charge on any atom is -0.380 e. The second-order valence-corrected chi connectivity index (χ2v) is 3.81. The molecule has 0 fully saturated rings. The van der Waals surface area contributed by atoms with Crippen LogP contribution in [0.25, 0.3) is 0 Å². The topological polar surface area (TPSA) is 9.23 Å². The van der Waals surface area contributed by atoms with Crippen molar-refractivity contribution in [1.82, 2.24) is 0 Å². The monoisotopic (exact) mass is 236 g/mol. The first-order valence-electron chi connectivity index (χ1n) is 4.22. The van der Waals surface area contributed by atoms with Gasteiger partial charge in [-0.15, -0.1) is 11.8 Å². The van der Waals surface area contributed by atoms with E-state index < -0.39 is 11.7 Å². The molecule has 1 aromatic rings. The third kappa shape index (κ3) is 3.14. The maximum atomic E-state index is 12.4. The third-order valence-electron chi connectivity index (χ3n) is 1.91. The standard InChI is InChI=1S/C10H11F3OS/c1-14-6-7-5-8(10(11,12)13)3-4-9(7)15-2/h3-5H,6H2,1-2H3. The predicted molar refractivity (Wildman–Crippen MR) is 53.9 cm³/mol. The van der Waals surface area contributed by atoms with E-state index in [4.69, 9.17) is 4.74 Å². The van der Waals surface area contributed by atoms with Gasteiger partial charge >= 0.3 is 6.18 Å². The van der Waals surface area contributed by atoms with Crippen molar-refractivity contribution in [2.75, 3.05) is 13.4 Å². The Hall–Kier alpha value is -0.680. The molecule has 0 N–H and O–H groups in total. The average Bonchev–Trinajstić information content (AvgIpc) is 2.17. The number of methoxy groups -OCH3 is 1. The van der Waals surface area contributed by atoms with Gasteiger partial charge in [0, 0.05) is 12.0 Å². The van der Waals surface area contributed by atoms with Gasteiger partial charge in [0.15, 0.2) is 0 Å². The van der Waals surface area contributed by atoms with Crippen LogP contribution in [0.15, 0.2) is 23.1 Å². The lowest BCUT2D eigenvalue weighted by molar-refractivity contribution is -0.137. The zero-order chi connectivity index (χ0) is 11.5. The largest absolute Gasteiger partial charge is 0.416 e. The van der Waals surface area contributed by atoms with Crippen LogP contribution in [-0.4, -0.2) is 13.4 Å². The minimum atomic E-state index is -4.29. The van der Waals surface area contributed by atoms with E-state index in [-0.39, 0.29) is 6.61 Å². The normalized spacial score (nSPS) is 11.8. The quantitative estimate of drug-likeness (QED) is 0.742. The van der Waals surface area contributed by atoms with Gasteiger partial charge in [0.2, 0.25) is 0 Å². The molecule has 15 heavy (non-hydrogen) atoms. The highest BCUT2D eigenvalue weighted by atomic mass is 32.2. The summed E-state index contributed by atoms with van der Waals surface area (Å²) in [6, 6.07) is 3.70. The number of ether oxygens (including phenoxy) is 1. The molecule has 0 unspecified atom stereocenters. The minimum absolute atomic E-state index is 0.195. The lowest BCUT2D eigenvalue weighted by atomic mass is 10.1. The van der Waals surface area contributed by atoms with Crippen LogP contribution in [0.2, 0.25) is 0 Å². The summed E-state index contributed by atoms with van der Waals surface area (Å²) in [4.78, 5) is 0.810. The number of hydrogen-bond acceptors (Lipinski definition) is 2. The van der Waals surface area contributed by atoms with Crippen LogP contribution in [0.3, 0.4) is 0 Å². The molecular weight excluding hydrogens is 225 g/mol. The Kier molecular flexibility index (Phi) is 4.04. The van der Waals surface area contributed by atoms with Gasteiger partial charge in [0.05, 0.1) is 12.2 Å². The summed E-state index contributed by atoms with van der Waals surface area (Å²) < 4.78 is 42.0. The van der Waals surface area contributed by atoms with E-state index in [1.165, 1.54) is 24.9 Å². The number of alkyl halides is 3. The molecule has 0 atom stereocenters. The fourth-order valence-electron chi connectivity index (χ4n) is 1.22. The van der Waals surface area contributed by atoms with E-state index >= 15 is 0 Å². The summed E-state index contributed by atoms with van der Waals surface area (Å²) in [6.07, 6.45) is -2.47. The number of halogens is 3. The van der Waals surface area contributed by atoms with E-state index in [1.54, 1.807) is 0 Å². The second kappa shape index (κ2) is 4.90. The van der Waals surface area contributed by atoms with E-state index in [2.05, 4.69) is 0 Å². The van der Waals surface area contributed by atoms with Crippen molar-refractivity contribution in [1.29, 1.82) is 0 Å². The molecular formula is C10H11F3OS. The second-order valence-electron chi connectivity index (χ2n) is 2.96. The summed E-state index contributed by atoms with van der Waals surface area (Å²) in [7, 11) is 1.46. The number of benzene rings is 1. The molecule has 0 aliphatic heterocycles. The van der Waals surface area contributed by atoms with E-state index in [0.29, 0.717) is 5.56 Å². The molecule has 84 valence electrons. The summed E-state index contributed by atoms with van der Waals surface area (Å²) in [5, 5.41) is 0. The molecule has 0 heterocycles. The van der Waals surface area contributed by atoms with Crippen molar-refractivity contribution in [3.63, 3.8) is 0 Å². The predicted octanol–water partition coefficient (Wildman–Crippen LogP) is 3.57. The SMILES string of the molecule is COCc1cc(C(F)(F)F)ccc1SC. The van der Waals surface area contributed by atoms with Gasteiger partial charge in [-0.2, -0.15) is 13.2 Å². The van der Waals surface area contributed by atoms with Crippen LogP contribution >= 0.6 is 11.8 Å². The van der Waals surface area contributed by atoms with Crippen LogP contribution in [0, 0.1) is 0 Å². The van der Waals surface area contributed by atoms with Crippen LogP contribution in [0.1, 0.15) is 11.1 Å². The third-order valence-corrected chi connectivity index (χ3v) is 2.75. The first-order valence-corrected chi connectivity index (χ1v) is 5.44. The van der Waals surface area contributed by atoms with Crippen LogP contribution in [-0.2, 0) is 17.5 Å². The Bertz CT molecular complexity index is 336. The molecule has 0 spiro atoms. The number of thioether (sulfide) groups is 1. The Balaban J connectivity index is 3.10. The molecule has 0 amide bonds. The Morgan fingerprint density at radius 1 is 1.33 bits per heavy atom. The molecule has 1 nitrogen and oxygen atoms in total. The van der Waals surface area contributed by atoms with Gasteiger partial charge in [-0.05, 0) is 30.0 Å². The zero-order valence-corrected chi connectivity index (χ0v) is 9.21. The van der Waals surface area contributed by atoms with Crippen LogP contribution in [0.5, 0.6) is 0 Å². The fraction of sp³-hybridized carbons (Fsp3) is 0.400. The van der Waals surface area contributed by atoms with Crippen molar-refractivity contribution in [3.05, 3.63) is 29.3 Å². The van der Waals surface area contributed by atoms with Crippen LogP contribution < -0.4 is 0 Å². The molecule has 1 aromatic carbocycles. The lowest BCUT2D eigenvalue weighted by Crippen LogP contribution is -2.06. The van der Waals surface area contributed by atoms with Gasteiger partial charge in [0.1, 0.15) is 0 Å². The van der Waals surface area contributed by atoms with E-state index in [9.17, 15) is 13.2 Å². The summed E-state index contributed by atoms with van der Waals surface area (Å²) >= 11 is 1.41. The smallest absolute Gasteiger partial charge is 0.380 e. The lowest BCUT2D eigenvalue weighted by Gasteiger charge is -2.11. The van der Waals surface area contributed by atoms with E-state index in [0.717, 1.165) is 17.0 Å². The Labute approximate surface area is 90.6 Å². The molecule has 5 heteroatoms.